The summed E-state index contributed by atoms with van der Waals surface area (Å²) >= 11 is 0. The van der Waals surface area contributed by atoms with E-state index in [1.54, 1.807) is 25.3 Å². The molecule has 0 bridgehead atoms. The monoisotopic (exact) mass is 290 g/mol. The van der Waals surface area contributed by atoms with E-state index in [9.17, 15) is 8.78 Å². The second-order valence-electron chi connectivity index (χ2n) is 5.22. The third-order valence-electron chi connectivity index (χ3n) is 3.47. The number of hydrogen-bond donors (Lipinski definition) is 1. The fourth-order valence-corrected chi connectivity index (χ4v) is 2.33. The van der Waals surface area contributed by atoms with Gasteiger partial charge in [0.1, 0.15) is 0 Å². The first-order chi connectivity index (χ1) is 10.0. The molecule has 0 radical (unpaired) electrons. The minimum absolute atomic E-state index is 0.316. The van der Waals surface area contributed by atoms with Gasteiger partial charge in [-0.05, 0) is 50.1 Å². The highest BCUT2D eigenvalue weighted by Crippen LogP contribution is 2.27. The van der Waals surface area contributed by atoms with Crippen LogP contribution in [0.15, 0.2) is 30.5 Å². The Hall–Kier alpha value is -1.81. The lowest BCUT2D eigenvalue weighted by atomic mass is 9.97. The van der Waals surface area contributed by atoms with Crippen molar-refractivity contribution < 1.29 is 8.78 Å². The summed E-state index contributed by atoms with van der Waals surface area (Å²) in [6.07, 6.45) is 2.60. The second kappa shape index (κ2) is 6.76. The molecule has 0 fully saturated rings. The first kappa shape index (κ1) is 15.6. The van der Waals surface area contributed by atoms with Crippen molar-refractivity contribution in [2.75, 3.05) is 6.54 Å². The number of nitrogens with zero attached hydrogens (tertiary/aromatic N) is 1. The fourth-order valence-electron chi connectivity index (χ4n) is 2.33. The molecule has 0 aliphatic carbocycles. The van der Waals surface area contributed by atoms with Crippen molar-refractivity contribution in [3.05, 3.63) is 64.5 Å². The molecule has 4 heteroatoms. The van der Waals surface area contributed by atoms with E-state index in [1.807, 2.05) is 26.0 Å². The predicted octanol–water partition coefficient (Wildman–Crippen LogP) is 4.07. The third-order valence-corrected chi connectivity index (χ3v) is 3.47. The topological polar surface area (TPSA) is 24.9 Å². The van der Waals surface area contributed by atoms with Crippen LogP contribution >= 0.6 is 0 Å². The fraction of sp³-hybridized carbons (Fsp3) is 0.353. The van der Waals surface area contributed by atoms with Crippen LogP contribution in [0.3, 0.4) is 0 Å². The lowest BCUT2D eigenvalue weighted by molar-refractivity contribution is 0.476. The Morgan fingerprint density at radius 3 is 2.57 bits per heavy atom. The Bertz CT molecular complexity index is 626. The summed E-state index contributed by atoms with van der Waals surface area (Å²) in [5.74, 6) is -1.56. The summed E-state index contributed by atoms with van der Waals surface area (Å²) in [6.45, 7) is 6.20. The maximum Gasteiger partial charge on any atom is 0.164 e. The van der Waals surface area contributed by atoms with Crippen LogP contribution in [0.1, 0.15) is 41.8 Å². The number of halogens is 2. The van der Waals surface area contributed by atoms with E-state index < -0.39 is 11.6 Å². The molecule has 1 aromatic heterocycles. The van der Waals surface area contributed by atoms with Crippen LogP contribution in [0.25, 0.3) is 0 Å². The number of pyridine rings is 1. The van der Waals surface area contributed by atoms with Gasteiger partial charge in [0.05, 0.1) is 6.04 Å². The van der Waals surface area contributed by atoms with Gasteiger partial charge in [-0.25, -0.2) is 8.78 Å². The zero-order valence-electron chi connectivity index (χ0n) is 12.6. The van der Waals surface area contributed by atoms with E-state index in [-0.39, 0.29) is 6.04 Å². The van der Waals surface area contributed by atoms with Crippen molar-refractivity contribution in [2.45, 2.75) is 33.2 Å². The van der Waals surface area contributed by atoms with Crippen LogP contribution < -0.4 is 5.32 Å². The summed E-state index contributed by atoms with van der Waals surface area (Å²) in [5.41, 5.74) is 2.38. The molecule has 21 heavy (non-hydrogen) atoms. The zero-order valence-corrected chi connectivity index (χ0v) is 12.6. The van der Waals surface area contributed by atoms with E-state index in [0.717, 1.165) is 24.2 Å². The van der Waals surface area contributed by atoms with E-state index >= 15 is 0 Å². The maximum absolute atomic E-state index is 14.3. The number of rotatable bonds is 5. The van der Waals surface area contributed by atoms with E-state index in [4.69, 9.17) is 0 Å². The highest BCUT2D eigenvalue weighted by molar-refractivity contribution is 5.35. The summed E-state index contributed by atoms with van der Waals surface area (Å²) < 4.78 is 28.1. The molecule has 1 aromatic carbocycles. The Morgan fingerprint density at radius 1 is 1.14 bits per heavy atom. The van der Waals surface area contributed by atoms with Crippen molar-refractivity contribution in [2.24, 2.45) is 0 Å². The Morgan fingerprint density at radius 2 is 1.90 bits per heavy atom. The first-order valence-corrected chi connectivity index (χ1v) is 7.15. The van der Waals surface area contributed by atoms with Crippen LogP contribution in [-0.2, 0) is 0 Å². The average molecular weight is 290 g/mol. The van der Waals surface area contributed by atoms with Gasteiger partial charge in [0.2, 0.25) is 0 Å². The predicted molar refractivity (Wildman–Crippen MR) is 80.2 cm³/mol. The first-order valence-electron chi connectivity index (χ1n) is 7.15. The van der Waals surface area contributed by atoms with Gasteiger partial charge in [-0.15, -0.1) is 0 Å². The smallest absolute Gasteiger partial charge is 0.164 e. The molecular formula is C17H20F2N2. The van der Waals surface area contributed by atoms with Gasteiger partial charge in [-0.2, -0.15) is 0 Å². The quantitative estimate of drug-likeness (QED) is 0.898. The van der Waals surface area contributed by atoms with E-state index in [0.29, 0.717) is 11.1 Å². The van der Waals surface area contributed by atoms with E-state index in [1.165, 1.54) is 0 Å². The molecule has 0 saturated carbocycles. The average Bonchev–Trinajstić information content (AvgIpc) is 2.47. The molecular weight excluding hydrogens is 270 g/mol. The van der Waals surface area contributed by atoms with Crippen LogP contribution in [0.5, 0.6) is 0 Å². The van der Waals surface area contributed by atoms with Gasteiger partial charge >= 0.3 is 0 Å². The van der Waals surface area contributed by atoms with Crippen LogP contribution in [0.2, 0.25) is 0 Å². The van der Waals surface area contributed by atoms with Crippen molar-refractivity contribution in [1.29, 1.82) is 0 Å². The van der Waals surface area contributed by atoms with Crippen LogP contribution in [-0.4, -0.2) is 11.5 Å². The van der Waals surface area contributed by atoms with Gasteiger partial charge in [0.15, 0.2) is 11.6 Å². The van der Waals surface area contributed by atoms with Crippen LogP contribution in [0.4, 0.5) is 8.78 Å². The molecule has 0 aliphatic rings. The van der Waals surface area contributed by atoms with Crippen LogP contribution in [0, 0.1) is 25.5 Å². The lowest BCUT2D eigenvalue weighted by Crippen LogP contribution is -2.24. The van der Waals surface area contributed by atoms with Gasteiger partial charge in [0.25, 0.3) is 0 Å². The molecule has 1 N–H and O–H groups in total. The van der Waals surface area contributed by atoms with Crippen molar-refractivity contribution in [1.82, 2.24) is 10.3 Å². The highest BCUT2D eigenvalue weighted by atomic mass is 19.2. The number of aromatic nitrogens is 1. The standard InChI is InChI=1S/C17H20F2N2/c1-4-8-21-17(13-7-9-20-12(3)10-13)14-6-5-11(2)15(18)16(14)19/h5-7,9-10,17,21H,4,8H2,1-3H3. The summed E-state index contributed by atoms with van der Waals surface area (Å²) in [4.78, 5) is 4.15. The maximum atomic E-state index is 14.3. The van der Waals surface area contributed by atoms with Gasteiger partial charge < -0.3 is 5.32 Å². The van der Waals surface area contributed by atoms with Gasteiger partial charge in [-0.3, -0.25) is 4.98 Å². The van der Waals surface area contributed by atoms with Gasteiger partial charge in [-0.1, -0.05) is 19.1 Å². The number of hydrogen-bond acceptors (Lipinski definition) is 2. The minimum Gasteiger partial charge on any atom is -0.306 e. The van der Waals surface area contributed by atoms with Crippen molar-refractivity contribution >= 4 is 0 Å². The lowest BCUT2D eigenvalue weighted by Gasteiger charge is -2.21. The normalized spacial score (nSPS) is 12.4. The molecule has 1 unspecified atom stereocenters. The van der Waals surface area contributed by atoms with Gasteiger partial charge in [0, 0.05) is 17.5 Å². The number of benzene rings is 1. The molecule has 1 atom stereocenters. The molecule has 112 valence electrons. The minimum atomic E-state index is -0.780. The number of nitrogens with one attached hydrogen (secondary N) is 1. The highest BCUT2D eigenvalue weighted by Gasteiger charge is 2.21. The largest absolute Gasteiger partial charge is 0.306 e. The second-order valence-corrected chi connectivity index (χ2v) is 5.22. The Balaban J connectivity index is 2.48. The SMILES string of the molecule is CCCNC(c1ccnc(C)c1)c1ccc(C)c(F)c1F. The molecule has 0 saturated heterocycles. The summed E-state index contributed by atoms with van der Waals surface area (Å²) in [5, 5.41) is 3.28. The summed E-state index contributed by atoms with van der Waals surface area (Å²) in [7, 11) is 0. The molecule has 1 heterocycles. The van der Waals surface area contributed by atoms with E-state index in [2.05, 4.69) is 10.3 Å². The molecule has 2 nitrogen and oxygen atoms in total. The molecule has 0 amide bonds. The Kier molecular flexibility index (Phi) is 5.02. The molecule has 0 aliphatic heterocycles. The van der Waals surface area contributed by atoms with Crippen molar-refractivity contribution in [3.63, 3.8) is 0 Å². The third kappa shape index (κ3) is 3.45. The molecule has 2 rings (SSSR count). The number of aryl methyl sites for hydroxylation is 2. The molecule has 0 spiro atoms. The van der Waals surface area contributed by atoms with Crippen molar-refractivity contribution in [3.8, 4) is 0 Å². The molecule has 2 aromatic rings. The Labute approximate surface area is 124 Å². The zero-order chi connectivity index (χ0) is 15.4. The summed E-state index contributed by atoms with van der Waals surface area (Å²) in [6, 6.07) is 6.61.